The molecule has 0 saturated carbocycles. The van der Waals surface area contributed by atoms with Crippen molar-refractivity contribution >= 4 is 5.71 Å². The fourth-order valence-corrected chi connectivity index (χ4v) is 1.52. The van der Waals surface area contributed by atoms with Crippen LogP contribution >= 0.6 is 0 Å². The normalized spacial score (nSPS) is 13.4. The first kappa shape index (κ1) is 13.9. The molecule has 0 amide bonds. The number of rotatable bonds is 6. The van der Waals surface area contributed by atoms with Gasteiger partial charge in [-0.2, -0.15) is 0 Å². The van der Waals surface area contributed by atoms with E-state index in [1.165, 1.54) is 18.4 Å². The quantitative estimate of drug-likeness (QED) is 0.665. The topological polar surface area (TPSA) is 38.4 Å². The van der Waals surface area contributed by atoms with E-state index >= 15 is 0 Å². The molecule has 0 bridgehead atoms. The van der Waals surface area contributed by atoms with E-state index in [4.69, 9.17) is 5.73 Å². The lowest BCUT2D eigenvalue weighted by Crippen LogP contribution is -2.02. The summed E-state index contributed by atoms with van der Waals surface area (Å²) in [4.78, 5) is 4.18. The lowest BCUT2D eigenvalue weighted by atomic mass is 10.00. The predicted molar refractivity (Wildman–Crippen MR) is 68.9 cm³/mol. The smallest absolute Gasteiger partial charge is 0.116 e. The fraction of sp³-hybridized carbons (Fsp3) is 0.615. The molecule has 0 aromatic carbocycles. The predicted octanol–water partition coefficient (Wildman–Crippen LogP) is 3.65. The van der Waals surface area contributed by atoms with Gasteiger partial charge in [-0.25, -0.2) is 4.99 Å². The molecule has 0 saturated heterocycles. The first-order chi connectivity index (χ1) is 6.97. The van der Waals surface area contributed by atoms with Crippen LogP contribution < -0.4 is 5.73 Å². The fourth-order valence-electron chi connectivity index (χ4n) is 1.52. The summed E-state index contributed by atoms with van der Waals surface area (Å²) in [5.74, 6) is 1.15. The summed E-state index contributed by atoms with van der Waals surface area (Å²) in [5, 5.41) is 0. The van der Waals surface area contributed by atoms with E-state index in [-0.39, 0.29) is 0 Å². The summed E-state index contributed by atoms with van der Waals surface area (Å²) in [6.07, 6.45) is 5.66. The summed E-state index contributed by atoms with van der Waals surface area (Å²) in [6, 6.07) is 0. The molecule has 86 valence electrons. The zero-order valence-electron chi connectivity index (χ0n) is 10.5. The third kappa shape index (κ3) is 6.95. The maximum atomic E-state index is 5.45. The van der Waals surface area contributed by atoms with Crippen molar-refractivity contribution in [3.63, 3.8) is 0 Å². The molecule has 0 fully saturated rings. The molecule has 2 nitrogen and oxygen atoms in total. The Morgan fingerprint density at radius 3 is 2.47 bits per heavy atom. The minimum atomic E-state index is 0.385. The van der Waals surface area contributed by atoms with Crippen LogP contribution in [0.2, 0.25) is 0 Å². The first-order valence-electron chi connectivity index (χ1n) is 5.62. The van der Waals surface area contributed by atoms with E-state index in [9.17, 15) is 0 Å². The second kappa shape index (κ2) is 7.27. The van der Waals surface area contributed by atoms with Gasteiger partial charge in [-0.3, -0.25) is 0 Å². The number of hydrogen-bond acceptors (Lipinski definition) is 2. The Labute approximate surface area is 94.0 Å². The van der Waals surface area contributed by atoms with Crippen molar-refractivity contribution in [2.24, 2.45) is 16.6 Å². The Bertz CT molecular complexity index is 260. The van der Waals surface area contributed by atoms with Crippen LogP contribution in [0.4, 0.5) is 0 Å². The number of nitrogens with zero attached hydrogens (tertiary/aromatic N) is 1. The van der Waals surface area contributed by atoms with E-state index in [0.29, 0.717) is 5.82 Å². The highest BCUT2D eigenvalue weighted by molar-refractivity contribution is 5.98. The van der Waals surface area contributed by atoms with Crippen molar-refractivity contribution in [1.82, 2.24) is 0 Å². The standard InChI is InChI=1S/C13H24N2/c1-6-13(9-7-8-10(2)3)11(4)15-12(5)14/h6,10H,5,7-9,14H2,1-4H3/b13-6-,15-11-. The van der Waals surface area contributed by atoms with Gasteiger partial charge in [-0.15, -0.1) is 0 Å². The molecular formula is C13H24N2. The molecule has 0 aliphatic carbocycles. The third-order valence-corrected chi connectivity index (χ3v) is 2.35. The number of aliphatic imine (C=N–C) groups is 1. The van der Waals surface area contributed by atoms with Gasteiger partial charge in [-0.1, -0.05) is 32.9 Å². The second-order valence-electron chi connectivity index (χ2n) is 4.29. The molecule has 0 heterocycles. The highest BCUT2D eigenvalue weighted by Gasteiger charge is 2.02. The van der Waals surface area contributed by atoms with Gasteiger partial charge in [0, 0.05) is 5.71 Å². The molecule has 0 aromatic rings. The molecule has 0 aromatic heterocycles. The Balaban J connectivity index is 4.21. The molecule has 0 aliphatic heterocycles. The number of allylic oxidation sites excluding steroid dienone is 2. The molecule has 2 heteroatoms. The van der Waals surface area contributed by atoms with Crippen LogP contribution in [-0.2, 0) is 0 Å². The van der Waals surface area contributed by atoms with Crippen LogP contribution in [0.5, 0.6) is 0 Å². The van der Waals surface area contributed by atoms with Gasteiger partial charge in [-0.05, 0) is 38.2 Å². The molecule has 0 aliphatic rings. The van der Waals surface area contributed by atoms with Gasteiger partial charge < -0.3 is 5.73 Å². The Kier molecular flexibility index (Phi) is 6.76. The van der Waals surface area contributed by atoms with E-state index in [1.807, 2.05) is 13.8 Å². The van der Waals surface area contributed by atoms with Crippen LogP contribution in [0.1, 0.15) is 47.0 Å². The average molecular weight is 208 g/mol. The van der Waals surface area contributed by atoms with E-state index in [0.717, 1.165) is 18.1 Å². The van der Waals surface area contributed by atoms with Gasteiger partial charge in [0.2, 0.25) is 0 Å². The summed E-state index contributed by atoms with van der Waals surface area (Å²) in [6.45, 7) is 12.1. The summed E-state index contributed by atoms with van der Waals surface area (Å²) >= 11 is 0. The SMILES string of the molecule is C=C(N)/N=C(C)\C(=C/C)CCCC(C)C. The minimum Gasteiger partial charge on any atom is -0.384 e. The maximum absolute atomic E-state index is 5.45. The van der Waals surface area contributed by atoms with Crippen LogP contribution in [0.25, 0.3) is 0 Å². The molecule has 15 heavy (non-hydrogen) atoms. The maximum Gasteiger partial charge on any atom is 0.116 e. The summed E-state index contributed by atoms with van der Waals surface area (Å²) in [5.41, 5.74) is 7.73. The second-order valence-corrected chi connectivity index (χ2v) is 4.29. The molecular weight excluding hydrogens is 184 g/mol. The minimum absolute atomic E-state index is 0.385. The average Bonchev–Trinajstić information content (AvgIpc) is 2.10. The van der Waals surface area contributed by atoms with Crippen molar-refractivity contribution < 1.29 is 0 Å². The first-order valence-corrected chi connectivity index (χ1v) is 5.62. The van der Waals surface area contributed by atoms with E-state index < -0.39 is 0 Å². The van der Waals surface area contributed by atoms with E-state index in [1.54, 1.807) is 0 Å². The van der Waals surface area contributed by atoms with Gasteiger partial charge >= 0.3 is 0 Å². The lowest BCUT2D eigenvalue weighted by molar-refractivity contribution is 0.557. The number of hydrogen-bond donors (Lipinski definition) is 1. The third-order valence-electron chi connectivity index (χ3n) is 2.35. The molecule has 0 radical (unpaired) electrons. The van der Waals surface area contributed by atoms with Gasteiger partial charge in [0.05, 0.1) is 0 Å². The highest BCUT2D eigenvalue weighted by atomic mass is 14.9. The highest BCUT2D eigenvalue weighted by Crippen LogP contribution is 2.13. The van der Waals surface area contributed by atoms with Crippen molar-refractivity contribution in [2.75, 3.05) is 0 Å². The van der Waals surface area contributed by atoms with Crippen LogP contribution in [-0.4, -0.2) is 5.71 Å². The van der Waals surface area contributed by atoms with Crippen LogP contribution in [0.3, 0.4) is 0 Å². The monoisotopic (exact) mass is 208 g/mol. The Hall–Kier alpha value is -1.05. The zero-order valence-corrected chi connectivity index (χ0v) is 10.5. The molecule has 0 rings (SSSR count). The van der Waals surface area contributed by atoms with Crippen molar-refractivity contribution in [3.8, 4) is 0 Å². The molecule has 0 spiro atoms. The largest absolute Gasteiger partial charge is 0.384 e. The molecule has 2 N–H and O–H groups in total. The van der Waals surface area contributed by atoms with Crippen molar-refractivity contribution in [3.05, 3.63) is 24.0 Å². The summed E-state index contributed by atoms with van der Waals surface area (Å²) < 4.78 is 0. The molecule has 0 unspecified atom stereocenters. The zero-order chi connectivity index (χ0) is 11.8. The van der Waals surface area contributed by atoms with Gasteiger partial charge in [0.15, 0.2) is 0 Å². The van der Waals surface area contributed by atoms with E-state index in [2.05, 4.69) is 31.5 Å². The van der Waals surface area contributed by atoms with Crippen LogP contribution in [0.15, 0.2) is 29.0 Å². The van der Waals surface area contributed by atoms with Gasteiger partial charge in [0.1, 0.15) is 5.82 Å². The number of nitrogens with two attached hydrogens (primary N) is 1. The van der Waals surface area contributed by atoms with Crippen LogP contribution in [0, 0.1) is 5.92 Å². The van der Waals surface area contributed by atoms with Crippen molar-refractivity contribution in [2.45, 2.75) is 47.0 Å². The lowest BCUT2D eigenvalue weighted by Gasteiger charge is -2.08. The Morgan fingerprint density at radius 2 is 2.07 bits per heavy atom. The van der Waals surface area contributed by atoms with Gasteiger partial charge in [0.25, 0.3) is 0 Å². The Morgan fingerprint density at radius 1 is 1.47 bits per heavy atom. The summed E-state index contributed by atoms with van der Waals surface area (Å²) in [7, 11) is 0. The van der Waals surface area contributed by atoms with Crippen molar-refractivity contribution in [1.29, 1.82) is 0 Å². The molecule has 0 atom stereocenters.